The van der Waals surface area contributed by atoms with Gasteiger partial charge in [0.05, 0.1) is 0 Å². The van der Waals surface area contributed by atoms with Crippen molar-refractivity contribution in [2.24, 2.45) is 11.8 Å². The molecule has 0 aliphatic heterocycles. The molecule has 0 fully saturated rings. The van der Waals surface area contributed by atoms with Gasteiger partial charge in [0, 0.05) is 18.5 Å². The molecular formula is C13H26N4. The van der Waals surface area contributed by atoms with Crippen molar-refractivity contribution in [3.8, 4) is 0 Å². The van der Waals surface area contributed by atoms with Gasteiger partial charge < -0.3 is 5.32 Å². The zero-order valence-electron chi connectivity index (χ0n) is 11.9. The second-order valence-corrected chi connectivity index (χ2v) is 5.40. The molecule has 0 spiro atoms. The third-order valence-electron chi connectivity index (χ3n) is 3.51. The van der Waals surface area contributed by atoms with Crippen LogP contribution in [0.15, 0.2) is 6.33 Å². The van der Waals surface area contributed by atoms with Crippen molar-refractivity contribution in [3.63, 3.8) is 0 Å². The number of hydrogen-bond donors (Lipinski definition) is 1. The highest BCUT2D eigenvalue weighted by atomic mass is 15.3. The number of hydrogen-bond acceptors (Lipinski definition) is 3. The van der Waals surface area contributed by atoms with Crippen LogP contribution in [-0.4, -0.2) is 27.9 Å². The molecule has 4 heteroatoms. The van der Waals surface area contributed by atoms with E-state index in [0.29, 0.717) is 23.9 Å². The lowest BCUT2D eigenvalue weighted by atomic mass is 9.86. The van der Waals surface area contributed by atoms with Crippen LogP contribution in [0.4, 0.5) is 0 Å². The summed E-state index contributed by atoms with van der Waals surface area (Å²) in [6.07, 6.45) is 2.65. The van der Waals surface area contributed by atoms with E-state index in [1.807, 2.05) is 11.7 Å². The number of aromatic nitrogens is 3. The zero-order valence-corrected chi connectivity index (χ0v) is 11.9. The first kappa shape index (κ1) is 14.2. The molecule has 17 heavy (non-hydrogen) atoms. The highest BCUT2D eigenvalue weighted by molar-refractivity contribution is 4.92. The third-order valence-corrected chi connectivity index (χ3v) is 3.51. The Hall–Kier alpha value is -0.900. The Kier molecular flexibility index (Phi) is 5.12. The standard InChI is InChI=1S/C13H26N4/c1-9(2)12(11(5)14-6)7-13-15-8-16-17(13)10(3)4/h8-12,14H,7H2,1-6H3. The van der Waals surface area contributed by atoms with E-state index in [0.717, 1.165) is 12.2 Å². The molecule has 0 radical (unpaired) electrons. The highest BCUT2D eigenvalue weighted by Crippen LogP contribution is 2.21. The molecule has 0 saturated heterocycles. The molecule has 0 aromatic carbocycles. The monoisotopic (exact) mass is 238 g/mol. The molecule has 0 saturated carbocycles. The first-order valence-corrected chi connectivity index (χ1v) is 6.53. The van der Waals surface area contributed by atoms with Crippen molar-refractivity contribution in [1.29, 1.82) is 0 Å². The summed E-state index contributed by atoms with van der Waals surface area (Å²) in [6, 6.07) is 0.873. The second-order valence-electron chi connectivity index (χ2n) is 5.40. The summed E-state index contributed by atoms with van der Waals surface area (Å²) in [5.41, 5.74) is 0. The summed E-state index contributed by atoms with van der Waals surface area (Å²) in [5, 5.41) is 7.65. The van der Waals surface area contributed by atoms with Gasteiger partial charge in [-0.05, 0) is 39.7 Å². The summed E-state index contributed by atoms with van der Waals surface area (Å²) in [5.74, 6) is 2.32. The van der Waals surface area contributed by atoms with Gasteiger partial charge in [-0.2, -0.15) is 5.10 Å². The average Bonchev–Trinajstić information content (AvgIpc) is 2.72. The Morgan fingerprint density at radius 3 is 2.35 bits per heavy atom. The summed E-state index contributed by atoms with van der Waals surface area (Å²) in [7, 11) is 2.02. The molecule has 2 atom stereocenters. The van der Waals surface area contributed by atoms with Gasteiger partial charge in [-0.25, -0.2) is 9.67 Å². The van der Waals surface area contributed by atoms with Crippen LogP contribution in [0.3, 0.4) is 0 Å². The summed E-state index contributed by atoms with van der Waals surface area (Å²) >= 11 is 0. The first-order chi connectivity index (χ1) is 7.97. The Labute approximate surface area is 105 Å². The normalized spacial score (nSPS) is 15.5. The maximum Gasteiger partial charge on any atom is 0.138 e. The summed E-state index contributed by atoms with van der Waals surface area (Å²) in [4.78, 5) is 4.40. The van der Waals surface area contributed by atoms with Crippen LogP contribution < -0.4 is 5.32 Å². The Balaban J connectivity index is 2.82. The molecule has 0 aliphatic rings. The van der Waals surface area contributed by atoms with Gasteiger partial charge in [-0.15, -0.1) is 0 Å². The molecule has 1 aromatic rings. The third kappa shape index (κ3) is 3.53. The minimum atomic E-state index is 0.380. The number of nitrogens with one attached hydrogen (secondary N) is 1. The van der Waals surface area contributed by atoms with Crippen LogP contribution in [-0.2, 0) is 6.42 Å². The lowest BCUT2D eigenvalue weighted by Crippen LogP contribution is -2.35. The van der Waals surface area contributed by atoms with Crippen LogP contribution in [0.2, 0.25) is 0 Å². The maximum absolute atomic E-state index is 4.40. The lowest BCUT2D eigenvalue weighted by molar-refractivity contribution is 0.289. The van der Waals surface area contributed by atoms with E-state index in [9.17, 15) is 0 Å². The van der Waals surface area contributed by atoms with E-state index in [4.69, 9.17) is 0 Å². The highest BCUT2D eigenvalue weighted by Gasteiger charge is 2.22. The predicted molar refractivity (Wildman–Crippen MR) is 71.0 cm³/mol. The molecule has 1 aromatic heterocycles. The van der Waals surface area contributed by atoms with E-state index < -0.39 is 0 Å². The molecule has 1 rings (SSSR count). The van der Waals surface area contributed by atoms with E-state index >= 15 is 0 Å². The Bertz CT molecular complexity index is 330. The van der Waals surface area contributed by atoms with Gasteiger partial charge in [0.15, 0.2) is 0 Å². The predicted octanol–water partition coefficient (Wildman–Crippen LogP) is 2.28. The molecule has 1 N–H and O–H groups in total. The molecule has 98 valence electrons. The van der Waals surface area contributed by atoms with Crippen molar-refractivity contribution in [1.82, 2.24) is 20.1 Å². The molecule has 1 heterocycles. The Morgan fingerprint density at radius 2 is 1.88 bits per heavy atom. The molecule has 4 nitrogen and oxygen atoms in total. The maximum atomic E-state index is 4.40. The van der Waals surface area contributed by atoms with Gasteiger partial charge in [0.1, 0.15) is 12.2 Å². The van der Waals surface area contributed by atoms with E-state index in [1.54, 1.807) is 6.33 Å². The van der Waals surface area contributed by atoms with E-state index in [1.165, 1.54) is 0 Å². The SMILES string of the molecule is CNC(C)C(Cc1ncnn1C(C)C)C(C)C. The van der Waals surface area contributed by atoms with Crippen molar-refractivity contribution in [2.75, 3.05) is 7.05 Å². The van der Waals surface area contributed by atoms with E-state index in [-0.39, 0.29) is 0 Å². The molecule has 0 amide bonds. The van der Waals surface area contributed by atoms with Crippen LogP contribution in [0.25, 0.3) is 0 Å². The quantitative estimate of drug-likeness (QED) is 0.827. The minimum absolute atomic E-state index is 0.380. The van der Waals surface area contributed by atoms with Crippen LogP contribution in [0.1, 0.15) is 46.5 Å². The summed E-state index contributed by atoms with van der Waals surface area (Å²) < 4.78 is 2.03. The van der Waals surface area contributed by atoms with Crippen molar-refractivity contribution >= 4 is 0 Å². The lowest BCUT2D eigenvalue weighted by Gasteiger charge is -2.27. The van der Waals surface area contributed by atoms with Gasteiger partial charge in [-0.3, -0.25) is 0 Å². The zero-order chi connectivity index (χ0) is 13.0. The van der Waals surface area contributed by atoms with E-state index in [2.05, 4.69) is 50.0 Å². The van der Waals surface area contributed by atoms with Gasteiger partial charge in [0.25, 0.3) is 0 Å². The average molecular weight is 238 g/mol. The minimum Gasteiger partial charge on any atom is -0.317 e. The fraction of sp³-hybridized carbons (Fsp3) is 0.846. The summed E-state index contributed by atoms with van der Waals surface area (Å²) in [6.45, 7) is 11.1. The smallest absolute Gasteiger partial charge is 0.138 e. The fourth-order valence-corrected chi connectivity index (χ4v) is 2.27. The number of rotatable bonds is 6. The van der Waals surface area contributed by atoms with Crippen LogP contribution in [0, 0.1) is 11.8 Å². The molecular weight excluding hydrogens is 212 g/mol. The largest absolute Gasteiger partial charge is 0.317 e. The Morgan fingerprint density at radius 1 is 1.24 bits per heavy atom. The topological polar surface area (TPSA) is 42.7 Å². The first-order valence-electron chi connectivity index (χ1n) is 6.53. The number of nitrogens with zero attached hydrogens (tertiary/aromatic N) is 3. The van der Waals surface area contributed by atoms with Crippen LogP contribution >= 0.6 is 0 Å². The molecule has 0 bridgehead atoms. The van der Waals surface area contributed by atoms with Crippen molar-refractivity contribution < 1.29 is 0 Å². The van der Waals surface area contributed by atoms with Crippen LogP contribution in [0.5, 0.6) is 0 Å². The van der Waals surface area contributed by atoms with Gasteiger partial charge in [-0.1, -0.05) is 13.8 Å². The van der Waals surface area contributed by atoms with Gasteiger partial charge in [0.2, 0.25) is 0 Å². The second kappa shape index (κ2) is 6.15. The van der Waals surface area contributed by atoms with Crippen molar-refractivity contribution in [3.05, 3.63) is 12.2 Å². The van der Waals surface area contributed by atoms with Gasteiger partial charge >= 0.3 is 0 Å². The molecule has 2 unspecified atom stereocenters. The fourth-order valence-electron chi connectivity index (χ4n) is 2.27. The molecule has 0 aliphatic carbocycles. The van der Waals surface area contributed by atoms with Crippen molar-refractivity contribution in [2.45, 2.75) is 53.1 Å².